The minimum atomic E-state index is -1.10. The molecule has 1 spiro atoms. The van der Waals surface area contributed by atoms with Crippen molar-refractivity contribution in [1.29, 1.82) is 0 Å². The number of carbonyl (C=O) groups excluding carboxylic acids is 1. The number of hydrogen-bond acceptors (Lipinski definition) is 5. The minimum Gasteiger partial charge on any atom is -0.490 e. The molecule has 0 aliphatic carbocycles. The van der Waals surface area contributed by atoms with Crippen LogP contribution in [0.2, 0.25) is 0 Å². The second-order valence-corrected chi connectivity index (χ2v) is 8.41. The average molecular weight is 416 g/mol. The number of aliphatic imine (C=N–C) groups is 1. The second kappa shape index (κ2) is 7.40. The number of nitrogens with zero attached hydrogens (tertiary/aromatic N) is 3. The maximum atomic E-state index is 13.4. The third-order valence-corrected chi connectivity index (χ3v) is 6.54. The summed E-state index contributed by atoms with van der Waals surface area (Å²) in [6.45, 7) is 8.68. The molecule has 3 aliphatic rings. The van der Waals surface area contributed by atoms with Crippen molar-refractivity contribution in [2.75, 3.05) is 20.3 Å². The molecule has 2 N–H and O–H groups in total. The molecule has 2 aromatic carbocycles. The van der Waals surface area contributed by atoms with Gasteiger partial charge in [-0.15, -0.1) is 0 Å². The van der Waals surface area contributed by atoms with E-state index in [4.69, 9.17) is 26.8 Å². The summed E-state index contributed by atoms with van der Waals surface area (Å²) in [4.78, 5) is 23.1. The number of benzene rings is 2. The number of fused-ring (bicyclic) bond motifs is 2. The molecule has 31 heavy (non-hydrogen) atoms. The van der Waals surface area contributed by atoms with Crippen molar-refractivity contribution in [3.63, 3.8) is 0 Å². The molecule has 0 aromatic heterocycles. The van der Waals surface area contributed by atoms with E-state index >= 15 is 0 Å². The molecule has 0 radical (unpaired) electrons. The molecule has 1 saturated heterocycles. The number of amides is 1. The molecule has 158 valence electrons. The van der Waals surface area contributed by atoms with E-state index in [9.17, 15) is 4.79 Å². The maximum absolute atomic E-state index is 13.4. The van der Waals surface area contributed by atoms with Crippen LogP contribution in [0.1, 0.15) is 24.8 Å². The SMILES string of the molecule is [C-]#[N+]c1cccc(-c2ccc3c(c2)C2(CC(C4CCCOC4)O3)N=C(N)N(C)C2=O)c1. The zero-order valence-corrected chi connectivity index (χ0v) is 17.4. The Bertz CT molecular complexity index is 1120. The molecule has 2 aromatic rings. The highest BCUT2D eigenvalue weighted by Crippen LogP contribution is 2.48. The van der Waals surface area contributed by atoms with Gasteiger partial charge in [0.25, 0.3) is 5.91 Å². The van der Waals surface area contributed by atoms with Crippen molar-refractivity contribution in [3.8, 4) is 16.9 Å². The Morgan fingerprint density at radius 1 is 1.26 bits per heavy atom. The molecule has 5 rings (SSSR count). The van der Waals surface area contributed by atoms with Crippen molar-refractivity contribution in [2.24, 2.45) is 16.6 Å². The van der Waals surface area contributed by atoms with Crippen LogP contribution in [0.3, 0.4) is 0 Å². The number of ether oxygens (including phenoxy) is 2. The van der Waals surface area contributed by atoms with Gasteiger partial charge in [0, 0.05) is 31.6 Å². The molecule has 3 heterocycles. The monoisotopic (exact) mass is 416 g/mol. The largest absolute Gasteiger partial charge is 0.490 e. The van der Waals surface area contributed by atoms with Gasteiger partial charge in [-0.3, -0.25) is 9.69 Å². The van der Waals surface area contributed by atoms with E-state index < -0.39 is 5.54 Å². The van der Waals surface area contributed by atoms with Gasteiger partial charge in [0.15, 0.2) is 17.2 Å². The van der Waals surface area contributed by atoms with Gasteiger partial charge < -0.3 is 15.2 Å². The lowest BCUT2D eigenvalue weighted by atomic mass is 9.77. The van der Waals surface area contributed by atoms with Gasteiger partial charge in [-0.25, -0.2) is 9.84 Å². The van der Waals surface area contributed by atoms with E-state index in [0.29, 0.717) is 24.5 Å². The third-order valence-electron chi connectivity index (χ3n) is 6.54. The van der Waals surface area contributed by atoms with Crippen LogP contribution in [0, 0.1) is 12.5 Å². The van der Waals surface area contributed by atoms with Crippen LogP contribution in [-0.2, 0) is 15.1 Å². The molecule has 1 amide bonds. The van der Waals surface area contributed by atoms with E-state index in [1.807, 2.05) is 36.4 Å². The predicted molar refractivity (Wildman–Crippen MR) is 117 cm³/mol. The van der Waals surface area contributed by atoms with Crippen LogP contribution in [0.5, 0.6) is 5.75 Å². The van der Waals surface area contributed by atoms with Crippen LogP contribution in [-0.4, -0.2) is 43.1 Å². The molecular weight excluding hydrogens is 392 g/mol. The standard InChI is InChI=1S/C24H24N4O3/c1-26-18-7-3-5-15(11-18)16-8-9-20-19(12-16)24(22(29)28(2)23(25)27-24)13-21(31-20)17-6-4-10-30-14-17/h3,5,7-9,11-12,17,21H,4,6,10,13-14H2,2H3,(H2,25,27). The first-order chi connectivity index (χ1) is 15.0. The third kappa shape index (κ3) is 3.15. The quantitative estimate of drug-likeness (QED) is 0.760. The Morgan fingerprint density at radius 3 is 2.81 bits per heavy atom. The number of likely N-dealkylation sites (N-methyl/N-ethyl adjacent to an activating group) is 1. The Kier molecular flexibility index (Phi) is 4.67. The number of guanidine groups is 1. The summed E-state index contributed by atoms with van der Waals surface area (Å²) < 4.78 is 12.1. The van der Waals surface area contributed by atoms with E-state index in [1.54, 1.807) is 13.1 Å². The summed E-state index contributed by atoms with van der Waals surface area (Å²) in [6, 6.07) is 13.3. The summed E-state index contributed by atoms with van der Waals surface area (Å²) >= 11 is 0. The van der Waals surface area contributed by atoms with E-state index in [2.05, 4.69) is 4.85 Å². The number of hydrogen-bond donors (Lipinski definition) is 1. The first-order valence-corrected chi connectivity index (χ1v) is 10.5. The highest BCUT2D eigenvalue weighted by Gasteiger charge is 2.54. The summed E-state index contributed by atoms with van der Waals surface area (Å²) in [5.41, 5.74) is 8.11. The average Bonchev–Trinajstić information content (AvgIpc) is 3.03. The van der Waals surface area contributed by atoms with Gasteiger partial charge in [0.1, 0.15) is 11.9 Å². The van der Waals surface area contributed by atoms with Crippen LogP contribution in [0.25, 0.3) is 16.0 Å². The van der Waals surface area contributed by atoms with Crippen molar-refractivity contribution in [2.45, 2.75) is 30.9 Å². The lowest BCUT2D eigenvalue weighted by molar-refractivity contribution is -0.133. The van der Waals surface area contributed by atoms with Crippen LogP contribution in [0.15, 0.2) is 47.5 Å². The number of rotatable bonds is 2. The van der Waals surface area contributed by atoms with Gasteiger partial charge in [0.05, 0.1) is 13.2 Å². The molecule has 3 aliphatic heterocycles. The number of nitrogens with two attached hydrogens (primary N) is 1. The molecule has 1 fully saturated rings. The van der Waals surface area contributed by atoms with Gasteiger partial charge in [-0.05, 0) is 42.2 Å². The van der Waals surface area contributed by atoms with Gasteiger partial charge in [-0.1, -0.05) is 24.3 Å². The minimum absolute atomic E-state index is 0.136. The lowest BCUT2D eigenvalue weighted by Gasteiger charge is -2.40. The highest BCUT2D eigenvalue weighted by molar-refractivity contribution is 6.07. The first-order valence-electron chi connectivity index (χ1n) is 10.5. The summed E-state index contributed by atoms with van der Waals surface area (Å²) in [5.74, 6) is 0.955. The molecule has 0 bridgehead atoms. The second-order valence-electron chi connectivity index (χ2n) is 8.41. The highest BCUT2D eigenvalue weighted by atomic mass is 16.5. The fraction of sp³-hybridized carbons (Fsp3) is 0.375. The molecule has 7 heteroatoms. The zero-order chi connectivity index (χ0) is 21.6. The van der Waals surface area contributed by atoms with Crippen molar-refractivity contribution >= 4 is 17.6 Å². The summed E-state index contributed by atoms with van der Waals surface area (Å²) in [6.07, 6.45) is 2.25. The maximum Gasteiger partial charge on any atom is 0.261 e. The fourth-order valence-corrected chi connectivity index (χ4v) is 4.83. The molecule has 3 unspecified atom stereocenters. The van der Waals surface area contributed by atoms with Gasteiger partial charge in [0.2, 0.25) is 0 Å². The Morgan fingerprint density at radius 2 is 2.10 bits per heavy atom. The smallest absolute Gasteiger partial charge is 0.261 e. The van der Waals surface area contributed by atoms with Crippen molar-refractivity contribution < 1.29 is 14.3 Å². The number of carbonyl (C=O) groups is 1. The van der Waals surface area contributed by atoms with E-state index in [1.165, 1.54) is 4.90 Å². The topological polar surface area (TPSA) is 81.5 Å². The molecular formula is C24H24N4O3. The molecule has 0 saturated carbocycles. The van der Waals surface area contributed by atoms with Crippen molar-refractivity contribution in [1.82, 2.24) is 4.90 Å². The van der Waals surface area contributed by atoms with E-state index in [-0.39, 0.29) is 23.9 Å². The Balaban J connectivity index is 1.62. The summed E-state index contributed by atoms with van der Waals surface area (Å²) in [7, 11) is 1.66. The van der Waals surface area contributed by atoms with Crippen LogP contribution < -0.4 is 10.5 Å². The van der Waals surface area contributed by atoms with Crippen LogP contribution in [0.4, 0.5) is 5.69 Å². The van der Waals surface area contributed by atoms with Gasteiger partial charge >= 0.3 is 0 Å². The zero-order valence-electron chi connectivity index (χ0n) is 17.4. The Hall–Kier alpha value is -3.37. The first kappa shape index (κ1) is 19.6. The molecule has 3 atom stereocenters. The van der Waals surface area contributed by atoms with Gasteiger partial charge in [-0.2, -0.15) is 0 Å². The molecule has 7 nitrogen and oxygen atoms in total. The van der Waals surface area contributed by atoms with E-state index in [0.717, 1.165) is 36.1 Å². The van der Waals surface area contributed by atoms with Crippen LogP contribution >= 0.6 is 0 Å². The normalized spacial score (nSPS) is 27.4. The lowest BCUT2D eigenvalue weighted by Crippen LogP contribution is -2.48. The summed E-state index contributed by atoms with van der Waals surface area (Å²) in [5, 5.41) is 0. The predicted octanol–water partition coefficient (Wildman–Crippen LogP) is 3.46. The fourth-order valence-electron chi connectivity index (χ4n) is 4.83. The van der Waals surface area contributed by atoms with Crippen molar-refractivity contribution in [3.05, 3.63) is 59.4 Å². The Labute approximate surface area is 181 Å².